The summed E-state index contributed by atoms with van der Waals surface area (Å²) in [6.45, 7) is 0. The van der Waals surface area contributed by atoms with Crippen LogP contribution in [0.3, 0.4) is 0 Å². The first-order chi connectivity index (χ1) is 9.28. The van der Waals surface area contributed by atoms with E-state index in [1.807, 2.05) is 12.1 Å². The van der Waals surface area contributed by atoms with E-state index < -0.39 is 0 Å². The van der Waals surface area contributed by atoms with E-state index in [4.69, 9.17) is 21.6 Å². The number of thioether (sulfide) groups is 1. The minimum absolute atomic E-state index is 0.345. The van der Waals surface area contributed by atoms with E-state index in [9.17, 15) is 0 Å². The molecule has 100 valence electrons. The van der Waals surface area contributed by atoms with Crippen molar-refractivity contribution in [3.63, 3.8) is 0 Å². The molecule has 4 heteroatoms. The zero-order valence-corrected chi connectivity index (χ0v) is 12.2. The number of nitrogens with zero attached hydrogens (tertiary/aromatic N) is 1. The number of nitriles is 1. The number of hydrogen-bond acceptors (Lipinski definition) is 3. The van der Waals surface area contributed by atoms with Crippen molar-refractivity contribution in [2.45, 2.75) is 42.8 Å². The normalized spacial score (nSPS) is 26.3. The first-order valence-electron chi connectivity index (χ1n) is 6.75. The second-order valence-electron chi connectivity index (χ2n) is 5.25. The van der Waals surface area contributed by atoms with E-state index in [2.05, 4.69) is 6.07 Å². The molecule has 3 rings (SSSR count). The minimum atomic E-state index is 0.345. The molecule has 1 aromatic rings. The van der Waals surface area contributed by atoms with Crippen molar-refractivity contribution in [3.8, 4) is 6.07 Å². The lowest BCUT2D eigenvalue weighted by atomic mass is 10.1. The highest BCUT2D eigenvalue weighted by atomic mass is 35.5. The molecule has 0 amide bonds. The van der Waals surface area contributed by atoms with Gasteiger partial charge in [0.05, 0.1) is 22.8 Å². The van der Waals surface area contributed by atoms with E-state index in [1.54, 1.807) is 17.8 Å². The molecule has 2 fully saturated rings. The van der Waals surface area contributed by atoms with Gasteiger partial charge in [-0.2, -0.15) is 5.26 Å². The zero-order valence-electron chi connectivity index (χ0n) is 10.6. The van der Waals surface area contributed by atoms with Gasteiger partial charge in [0.15, 0.2) is 0 Å². The summed E-state index contributed by atoms with van der Waals surface area (Å²) in [5.41, 5.74) is 0.551. The van der Waals surface area contributed by atoms with Crippen molar-refractivity contribution in [2.24, 2.45) is 5.92 Å². The maximum Gasteiger partial charge on any atom is 0.101 e. The molecule has 1 aliphatic carbocycles. The third kappa shape index (κ3) is 3.08. The standard InChI is InChI=1S/C15H16ClNOS/c16-15-11(8-17)2-1-3-14(15)19-9-12-6-7-13(18-12)10-4-5-10/h1-3,10,12-13H,4-7,9H2. The maximum absolute atomic E-state index is 8.96. The van der Waals surface area contributed by atoms with Gasteiger partial charge in [-0.05, 0) is 43.7 Å². The van der Waals surface area contributed by atoms with Crippen LogP contribution in [0.1, 0.15) is 31.2 Å². The highest BCUT2D eigenvalue weighted by molar-refractivity contribution is 7.99. The molecule has 19 heavy (non-hydrogen) atoms. The Morgan fingerprint density at radius 3 is 2.89 bits per heavy atom. The molecule has 0 bridgehead atoms. The van der Waals surface area contributed by atoms with Gasteiger partial charge in [-0.1, -0.05) is 17.7 Å². The van der Waals surface area contributed by atoms with Crippen LogP contribution >= 0.6 is 23.4 Å². The fraction of sp³-hybridized carbons (Fsp3) is 0.533. The first-order valence-corrected chi connectivity index (χ1v) is 8.11. The molecule has 1 saturated heterocycles. The number of hydrogen-bond donors (Lipinski definition) is 0. The summed E-state index contributed by atoms with van der Waals surface area (Å²) in [6, 6.07) is 7.73. The van der Waals surface area contributed by atoms with Crippen molar-refractivity contribution < 1.29 is 4.74 Å². The topological polar surface area (TPSA) is 33.0 Å². The highest BCUT2D eigenvalue weighted by Gasteiger charge is 2.37. The Morgan fingerprint density at radius 2 is 2.16 bits per heavy atom. The summed E-state index contributed by atoms with van der Waals surface area (Å²) in [4.78, 5) is 0.985. The van der Waals surface area contributed by atoms with E-state index in [-0.39, 0.29) is 0 Å². The smallest absolute Gasteiger partial charge is 0.101 e. The van der Waals surface area contributed by atoms with Gasteiger partial charge in [-0.3, -0.25) is 0 Å². The summed E-state index contributed by atoms with van der Waals surface area (Å²) in [6.07, 6.45) is 5.91. The lowest BCUT2D eigenvalue weighted by Gasteiger charge is -2.13. The van der Waals surface area contributed by atoms with Gasteiger partial charge in [0.1, 0.15) is 6.07 Å². The van der Waals surface area contributed by atoms with Crippen molar-refractivity contribution in [1.29, 1.82) is 5.26 Å². The van der Waals surface area contributed by atoms with Crippen molar-refractivity contribution in [3.05, 3.63) is 28.8 Å². The Bertz CT molecular complexity index is 509. The van der Waals surface area contributed by atoms with E-state index in [0.717, 1.165) is 23.0 Å². The molecule has 0 radical (unpaired) electrons. The van der Waals surface area contributed by atoms with Gasteiger partial charge in [-0.25, -0.2) is 0 Å². The van der Waals surface area contributed by atoms with Crippen LogP contribution in [0.2, 0.25) is 5.02 Å². The second-order valence-corrected chi connectivity index (χ2v) is 6.69. The van der Waals surface area contributed by atoms with Gasteiger partial charge in [0.2, 0.25) is 0 Å². The number of ether oxygens (including phenoxy) is 1. The predicted octanol–water partition coefficient (Wildman–Crippen LogP) is 4.26. The minimum Gasteiger partial charge on any atom is -0.374 e. The van der Waals surface area contributed by atoms with Crippen LogP contribution in [0.4, 0.5) is 0 Å². The summed E-state index contributed by atoms with van der Waals surface area (Å²) >= 11 is 7.90. The van der Waals surface area contributed by atoms with Gasteiger partial charge < -0.3 is 4.74 Å². The predicted molar refractivity (Wildman–Crippen MR) is 77.5 cm³/mol. The molecular formula is C15H16ClNOS. The molecule has 2 nitrogen and oxygen atoms in total. The maximum atomic E-state index is 8.96. The summed E-state index contributed by atoms with van der Waals surface area (Å²) < 4.78 is 6.07. The Morgan fingerprint density at radius 1 is 1.32 bits per heavy atom. The van der Waals surface area contributed by atoms with Crippen molar-refractivity contribution in [1.82, 2.24) is 0 Å². The first kappa shape index (κ1) is 13.3. The lowest BCUT2D eigenvalue weighted by molar-refractivity contribution is 0.0454. The molecular weight excluding hydrogens is 278 g/mol. The van der Waals surface area contributed by atoms with Crippen LogP contribution < -0.4 is 0 Å². The van der Waals surface area contributed by atoms with Crippen LogP contribution in [-0.4, -0.2) is 18.0 Å². The molecule has 2 aliphatic rings. The van der Waals surface area contributed by atoms with Crippen LogP contribution in [0.15, 0.2) is 23.1 Å². The highest BCUT2D eigenvalue weighted by Crippen LogP contribution is 2.41. The number of benzene rings is 1. The molecule has 1 aliphatic heterocycles. The largest absolute Gasteiger partial charge is 0.374 e. The number of halogens is 1. The Hall–Kier alpha value is -0.690. The molecule has 2 unspecified atom stereocenters. The van der Waals surface area contributed by atoms with E-state index in [1.165, 1.54) is 19.3 Å². The fourth-order valence-corrected chi connectivity index (χ4v) is 3.92. The third-order valence-corrected chi connectivity index (χ3v) is 5.51. The second kappa shape index (κ2) is 5.75. The van der Waals surface area contributed by atoms with Crippen molar-refractivity contribution >= 4 is 23.4 Å². The Labute approximate surface area is 123 Å². The summed E-state index contributed by atoms with van der Waals surface area (Å²) in [7, 11) is 0. The van der Waals surface area contributed by atoms with Crippen LogP contribution in [0.25, 0.3) is 0 Å². The molecule has 0 N–H and O–H groups in total. The molecule has 1 heterocycles. The molecule has 2 atom stereocenters. The number of rotatable bonds is 4. The lowest BCUT2D eigenvalue weighted by Crippen LogP contribution is -2.14. The molecule has 0 aromatic heterocycles. The monoisotopic (exact) mass is 293 g/mol. The zero-order chi connectivity index (χ0) is 13.2. The van der Waals surface area contributed by atoms with Crippen LogP contribution in [0.5, 0.6) is 0 Å². The van der Waals surface area contributed by atoms with Gasteiger partial charge in [0.25, 0.3) is 0 Å². The van der Waals surface area contributed by atoms with Crippen LogP contribution in [0, 0.1) is 17.2 Å². The SMILES string of the molecule is N#Cc1cccc(SCC2CCC(C3CC3)O2)c1Cl. The average Bonchev–Trinajstić information content (AvgIpc) is 3.17. The fourth-order valence-electron chi connectivity index (χ4n) is 2.56. The van der Waals surface area contributed by atoms with Gasteiger partial charge in [-0.15, -0.1) is 11.8 Å². The molecule has 1 saturated carbocycles. The summed E-state index contributed by atoms with van der Waals surface area (Å²) in [5, 5.41) is 9.53. The van der Waals surface area contributed by atoms with Crippen molar-refractivity contribution in [2.75, 3.05) is 5.75 Å². The third-order valence-electron chi connectivity index (χ3n) is 3.80. The summed E-state index contributed by atoms with van der Waals surface area (Å²) in [5.74, 6) is 1.76. The van der Waals surface area contributed by atoms with Gasteiger partial charge in [0, 0.05) is 10.6 Å². The quantitative estimate of drug-likeness (QED) is 0.778. The molecule has 0 spiro atoms. The van der Waals surface area contributed by atoms with E-state index in [0.29, 0.717) is 22.8 Å². The Balaban J connectivity index is 1.56. The average molecular weight is 294 g/mol. The van der Waals surface area contributed by atoms with Crippen LogP contribution in [-0.2, 0) is 4.74 Å². The Kier molecular flexibility index (Phi) is 4.02. The molecule has 1 aromatic carbocycles. The van der Waals surface area contributed by atoms with Gasteiger partial charge >= 0.3 is 0 Å². The van der Waals surface area contributed by atoms with E-state index >= 15 is 0 Å².